The van der Waals surface area contributed by atoms with Gasteiger partial charge in [-0.2, -0.15) is 8.78 Å². The van der Waals surface area contributed by atoms with E-state index in [-0.39, 0.29) is 5.56 Å². The second-order valence-corrected chi connectivity index (χ2v) is 7.63. The molecule has 3 N–H and O–H groups in total. The number of ether oxygens (including phenoxy) is 1. The minimum atomic E-state index is -3.17. The number of Topliss-reactive ketones (excluding diaryl/α,β-unsaturated/α-hetero) is 1. The Kier molecular flexibility index (Phi) is 5.32. The molecule has 162 valence electrons. The Labute approximate surface area is 176 Å². The maximum atomic E-state index is 13.5. The van der Waals surface area contributed by atoms with Gasteiger partial charge in [0.2, 0.25) is 11.4 Å². The van der Waals surface area contributed by atoms with Gasteiger partial charge in [-0.3, -0.25) is 9.59 Å². The van der Waals surface area contributed by atoms with Crippen LogP contribution in [0.4, 0.5) is 8.78 Å². The minimum absolute atomic E-state index is 0.0744. The number of carboxylic acid groups (broad SMARTS) is 1. The number of halogens is 2. The number of alkyl halides is 2. The summed E-state index contributed by atoms with van der Waals surface area (Å²) in [7, 11) is 0. The smallest absolute Gasteiger partial charge is 0.345 e. The van der Waals surface area contributed by atoms with Gasteiger partial charge in [0, 0.05) is 18.5 Å². The van der Waals surface area contributed by atoms with Crippen LogP contribution in [0.1, 0.15) is 27.9 Å². The van der Waals surface area contributed by atoms with E-state index in [0.29, 0.717) is 6.42 Å². The van der Waals surface area contributed by atoms with Gasteiger partial charge in [0.25, 0.3) is 0 Å². The Balaban J connectivity index is 1.77. The van der Waals surface area contributed by atoms with Gasteiger partial charge in [-0.15, -0.1) is 0 Å². The van der Waals surface area contributed by atoms with Crippen LogP contribution in [0, 0.1) is 0 Å². The molecule has 2 unspecified atom stereocenters. The number of benzene rings is 2. The van der Waals surface area contributed by atoms with E-state index in [2.05, 4.69) is 4.74 Å². The van der Waals surface area contributed by atoms with Crippen molar-refractivity contribution in [3.8, 4) is 11.1 Å². The van der Waals surface area contributed by atoms with E-state index in [1.165, 1.54) is 6.07 Å². The third-order valence-electron chi connectivity index (χ3n) is 5.93. The number of fused-ring (bicyclic) bond motifs is 3. The topological polar surface area (TPSA) is 110 Å². The maximum Gasteiger partial charge on any atom is 0.345 e. The molecule has 9 heteroatoms. The van der Waals surface area contributed by atoms with E-state index in [1.54, 1.807) is 12.1 Å². The predicted octanol–water partition coefficient (Wildman–Crippen LogP) is 2.06. The van der Waals surface area contributed by atoms with Crippen LogP contribution in [-0.2, 0) is 20.7 Å². The van der Waals surface area contributed by atoms with Crippen LogP contribution >= 0.6 is 0 Å². The van der Waals surface area contributed by atoms with E-state index < -0.39 is 55.4 Å². The number of nitrogens with two attached hydrogens (primary N) is 1. The fraction of sp³-hybridized carbons (Fsp3) is 0.318. The molecule has 0 saturated carbocycles. The van der Waals surface area contributed by atoms with Gasteiger partial charge in [0.15, 0.2) is 5.78 Å². The third-order valence-corrected chi connectivity index (χ3v) is 5.93. The normalized spacial score (nSPS) is 21.8. The van der Waals surface area contributed by atoms with E-state index >= 15 is 0 Å². The molecular weight excluding hydrogens is 410 g/mol. The lowest BCUT2D eigenvalue weighted by molar-refractivity contribution is -0.160. The number of hydrogen-bond donors (Lipinski definition) is 2. The first kappa shape index (κ1) is 21.1. The molecule has 2 aromatic rings. The van der Waals surface area contributed by atoms with Gasteiger partial charge in [0.05, 0.1) is 12.6 Å². The number of carboxylic acids is 1. The second-order valence-electron chi connectivity index (χ2n) is 7.63. The highest BCUT2D eigenvalue weighted by atomic mass is 19.3. The Morgan fingerprint density at radius 1 is 1.16 bits per heavy atom. The van der Waals surface area contributed by atoms with Crippen LogP contribution < -0.4 is 5.73 Å². The first-order valence-electron chi connectivity index (χ1n) is 9.71. The molecule has 1 fully saturated rings. The van der Waals surface area contributed by atoms with Gasteiger partial charge < -0.3 is 20.5 Å². The summed E-state index contributed by atoms with van der Waals surface area (Å²) in [5, 5.41) is 10.0. The van der Waals surface area contributed by atoms with Crippen LogP contribution in [0.2, 0.25) is 0 Å². The molecule has 0 aromatic heterocycles. The monoisotopic (exact) mass is 430 g/mol. The Bertz CT molecular complexity index is 1070. The Hall–Kier alpha value is -3.17. The standard InChI is InChI=1S/C22H20F2N2O5/c23-21(24)31-15-9-22(20(29)30,26(11-15)18(27)10-25)19(28)14-6-5-13-7-12-3-1-2-4-16(12)17(13)8-14/h1-6,8,15,21H,7,9-11,25H2,(H,29,30). The Morgan fingerprint density at radius 2 is 1.87 bits per heavy atom. The van der Waals surface area contributed by atoms with Crippen molar-refractivity contribution in [1.82, 2.24) is 4.90 Å². The number of amides is 1. The molecule has 7 nitrogen and oxygen atoms in total. The molecule has 1 saturated heterocycles. The van der Waals surface area contributed by atoms with Crippen molar-refractivity contribution in [3.05, 3.63) is 59.2 Å². The van der Waals surface area contributed by atoms with E-state index in [9.17, 15) is 28.3 Å². The van der Waals surface area contributed by atoms with Gasteiger partial charge in [0.1, 0.15) is 0 Å². The summed E-state index contributed by atoms with van der Waals surface area (Å²) in [4.78, 5) is 39.0. The molecule has 4 rings (SSSR count). The molecule has 1 aliphatic carbocycles. The van der Waals surface area contributed by atoms with Gasteiger partial charge in [-0.1, -0.05) is 36.4 Å². The molecule has 1 aliphatic heterocycles. The van der Waals surface area contributed by atoms with Crippen molar-refractivity contribution >= 4 is 17.7 Å². The lowest BCUT2D eigenvalue weighted by Gasteiger charge is -2.33. The molecule has 2 aromatic carbocycles. The average Bonchev–Trinajstić information content (AvgIpc) is 3.31. The van der Waals surface area contributed by atoms with E-state index in [4.69, 9.17) is 5.73 Å². The number of likely N-dealkylation sites (tertiary alicyclic amines) is 1. The quantitative estimate of drug-likeness (QED) is 0.458. The van der Waals surface area contributed by atoms with Gasteiger partial charge >= 0.3 is 12.6 Å². The summed E-state index contributed by atoms with van der Waals surface area (Å²) in [6, 6.07) is 12.5. The number of ketones is 1. The first-order valence-corrected chi connectivity index (χ1v) is 9.71. The minimum Gasteiger partial charge on any atom is -0.479 e. The summed E-state index contributed by atoms with van der Waals surface area (Å²) in [6.07, 6.45) is -1.22. The van der Waals surface area contributed by atoms with Crippen LogP contribution in [0.25, 0.3) is 11.1 Å². The summed E-state index contributed by atoms with van der Waals surface area (Å²) in [5.74, 6) is -3.31. The third kappa shape index (κ3) is 3.39. The highest BCUT2D eigenvalue weighted by molar-refractivity contribution is 6.18. The van der Waals surface area contributed by atoms with Crippen molar-refractivity contribution < 1.29 is 33.0 Å². The number of rotatable bonds is 6. The maximum absolute atomic E-state index is 13.5. The molecule has 2 atom stereocenters. The van der Waals surface area contributed by atoms with E-state index in [1.807, 2.05) is 24.3 Å². The Morgan fingerprint density at radius 3 is 2.55 bits per heavy atom. The van der Waals surface area contributed by atoms with Crippen molar-refractivity contribution in [1.29, 1.82) is 0 Å². The highest BCUT2D eigenvalue weighted by Crippen LogP contribution is 2.40. The summed E-state index contributed by atoms with van der Waals surface area (Å²) in [6.45, 7) is -4.20. The van der Waals surface area contributed by atoms with Crippen LogP contribution in [-0.4, -0.2) is 59.0 Å². The lowest BCUT2D eigenvalue weighted by atomic mass is 9.85. The fourth-order valence-corrected chi connectivity index (χ4v) is 4.54. The first-order chi connectivity index (χ1) is 14.8. The van der Waals surface area contributed by atoms with Crippen LogP contribution in [0.3, 0.4) is 0 Å². The molecule has 0 radical (unpaired) electrons. The highest BCUT2D eigenvalue weighted by Gasteiger charge is 2.59. The van der Waals surface area contributed by atoms with E-state index in [0.717, 1.165) is 27.2 Å². The number of carbonyl (C=O) groups excluding carboxylic acids is 2. The molecule has 0 bridgehead atoms. The molecule has 0 spiro atoms. The van der Waals surface area contributed by atoms with Gasteiger partial charge in [-0.05, 0) is 34.7 Å². The van der Waals surface area contributed by atoms with Gasteiger partial charge in [-0.25, -0.2) is 4.79 Å². The average molecular weight is 430 g/mol. The zero-order valence-electron chi connectivity index (χ0n) is 16.4. The predicted molar refractivity (Wildman–Crippen MR) is 106 cm³/mol. The SMILES string of the molecule is NCC(=O)N1CC(OC(F)F)CC1(C(=O)O)C(=O)c1ccc2c(c1)-c1ccccc1C2. The second kappa shape index (κ2) is 7.82. The molecule has 1 heterocycles. The number of hydrogen-bond acceptors (Lipinski definition) is 5. The number of aliphatic carboxylic acids is 1. The van der Waals surface area contributed by atoms with Crippen molar-refractivity contribution in [2.45, 2.75) is 31.1 Å². The molecule has 2 aliphatic rings. The van der Waals surface area contributed by atoms with Crippen LogP contribution in [0.15, 0.2) is 42.5 Å². The zero-order chi connectivity index (χ0) is 22.3. The zero-order valence-corrected chi connectivity index (χ0v) is 16.4. The fourth-order valence-electron chi connectivity index (χ4n) is 4.54. The van der Waals surface area contributed by atoms with Crippen molar-refractivity contribution in [3.63, 3.8) is 0 Å². The van der Waals surface area contributed by atoms with Crippen LogP contribution in [0.5, 0.6) is 0 Å². The summed E-state index contributed by atoms with van der Waals surface area (Å²) in [5.41, 5.74) is 6.92. The number of nitrogens with zero attached hydrogens (tertiary/aromatic N) is 1. The summed E-state index contributed by atoms with van der Waals surface area (Å²) < 4.78 is 30.0. The number of carbonyl (C=O) groups is 3. The summed E-state index contributed by atoms with van der Waals surface area (Å²) >= 11 is 0. The molecule has 1 amide bonds. The largest absolute Gasteiger partial charge is 0.479 e. The molecule has 31 heavy (non-hydrogen) atoms. The molecular formula is C22H20F2N2O5. The van der Waals surface area contributed by atoms with Crippen molar-refractivity contribution in [2.75, 3.05) is 13.1 Å². The lowest BCUT2D eigenvalue weighted by Crippen LogP contribution is -2.59. The van der Waals surface area contributed by atoms with Crippen molar-refractivity contribution in [2.24, 2.45) is 5.73 Å².